The van der Waals surface area contributed by atoms with Gasteiger partial charge in [0.1, 0.15) is 5.82 Å². The summed E-state index contributed by atoms with van der Waals surface area (Å²) in [6, 6.07) is 10.1. The first-order valence-corrected chi connectivity index (χ1v) is 7.05. The van der Waals surface area contributed by atoms with E-state index < -0.39 is 0 Å². The first kappa shape index (κ1) is 13.3. The SMILES string of the molecule is COCC1CCN(c2nc3ccccc3cc2CO)C1. The monoisotopic (exact) mass is 272 g/mol. The zero-order valence-electron chi connectivity index (χ0n) is 11.7. The first-order valence-electron chi connectivity index (χ1n) is 7.05. The Bertz CT molecular complexity index is 600. The van der Waals surface area contributed by atoms with Gasteiger partial charge in [0, 0.05) is 37.1 Å². The van der Waals surface area contributed by atoms with Crippen LogP contribution in [0.2, 0.25) is 0 Å². The number of para-hydroxylation sites is 1. The molecule has 1 aromatic heterocycles. The Morgan fingerprint density at radius 2 is 2.25 bits per heavy atom. The lowest BCUT2D eigenvalue weighted by molar-refractivity contribution is 0.161. The largest absolute Gasteiger partial charge is 0.392 e. The van der Waals surface area contributed by atoms with Crippen molar-refractivity contribution in [3.63, 3.8) is 0 Å². The second-order valence-corrected chi connectivity index (χ2v) is 5.38. The minimum atomic E-state index is 0.0264. The molecule has 1 fully saturated rings. The number of rotatable bonds is 4. The minimum absolute atomic E-state index is 0.0264. The fraction of sp³-hybridized carbons (Fsp3) is 0.438. The highest BCUT2D eigenvalue weighted by atomic mass is 16.5. The topological polar surface area (TPSA) is 45.6 Å². The molecule has 1 aliphatic rings. The average Bonchev–Trinajstić information content (AvgIpc) is 2.94. The number of benzene rings is 1. The number of methoxy groups -OCH3 is 1. The van der Waals surface area contributed by atoms with Crippen LogP contribution in [0, 0.1) is 5.92 Å². The molecule has 2 heterocycles. The van der Waals surface area contributed by atoms with E-state index in [-0.39, 0.29) is 6.61 Å². The quantitative estimate of drug-likeness (QED) is 0.927. The lowest BCUT2D eigenvalue weighted by Crippen LogP contribution is -2.23. The van der Waals surface area contributed by atoms with Gasteiger partial charge in [-0.3, -0.25) is 0 Å². The van der Waals surface area contributed by atoms with Crippen LogP contribution in [0.5, 0.6) is 0 Å². The molecule has 1 N–H and O–H groups in total. The number of hydrogen-bond donors (Lipinski definition) is 1. The van der Waals surface area contributed by atoms with Crippen molar-refractivity contribution in [2.45, 2.75) is 13.0 Å². The lowest BCUT2D eigenvalue weighted by atomic mass is 10.1. The van der Waals surface area contributed by atoms with Crippen molar-refractivity contribution in [1.82, 2.24) is 4.98 Å². The van der Waals surface area contributed by atoms with Gasteiger partial charge < -0.3 is 14.7 Å². The van der Waals surface area contributed by atoms with E-state index in [1.807, 2.05) is 30.3 Å². The van der Waals surface area contributed by atoms with Gasteiger partial charge in [-0.25, -0.2) is 4.98 Å². The number of aliphatic hydroxyl groups excluding tert-OH is 1. The molecule has 1 saturated heterocycles. The standard InChI is InChI=1S/C16H20N2O2/c1-20-11-12-6-7-18(9-12)16-14(10-19)8-13-4-2-3-5-15(13)17-16/h2-5,8,12,19H,6-7,9-11H2,1H3. The number of ether oxygens (including phenoxy) is 1. The maximum absolute atomic E-state index is 9.62. The van der Waals surface area contributed by atoms with Gasteiger partial charge in [0.25, 0.3) is 0 Å². The zero-order chi connectivity index (χ0) is 13.9. The van der Waals surface area contributed by atoms with Crippen LogP contribution in [-0.2, 0) is 11.3 Å². The highest BCUT2D eigenvalue weighted by Gasteiger charge is 2.25. The molecule has 0 spiro atoms. The van der Waals surface area contributed by atoms with E-state index in [1.165, 1.54) is 0 Å². The maximum Gasteiger partial charge on any atom is 0.134 e. The summed E-state index contributed by atoms with van der Waals surface area (Å²) in [5.41, 5.74) is 1.89. The number of fused-ring (bicyclic) bond motifs is 1. The second-order valence-electron chi connectivity index (χ2n) is 5.38. The van der Waals surface area contributed by atoms with Crippen molar-refractivity contribution in [2.75, 3.05) is 31.7 Å². The van der Waals surface area contributed by atoms with Crippen molar-refractivity contribution >= 4 is 16.7 Å². The molecule has 1 aromatic carbocycles. The molecular formula is C16H20N2O2. The highest BCUT2D eigenvalue weighted by molar-refractivity contribution is 5.81. The summed E-state index contributed by atoms with van der Waals surface area (Å²) in [5.74, 6) is 1.48. The van der Waals surface area contributed by atoms with Gasteiger partial charge >= 0.3 is 0 Å². The van der Waals surface area contributed by atoms with Gasteiger partial charge in [0.15, 0.2) is 0 Å². The molecule has 106 valence electrons. The van der Waals surface area contributed by atoms with Crippen molar-refractivity contribution < 1.29 is 9.84 Å². The van der Waals surface area contributed by atoms with Gasteiger partial charge in [0.05, 0.1) is 18.7 Å². The number of nitrogens with zero attached hydrogens (tertiary/aromatic N) is 2. The molecule has 20 heavy (non-hydrogen) atoms. The number of pyridine rings is 1. The van der Waals surface area contributed by atoms with Gasteiger partial charge in [-0.15, -0.1) is 0 Å². The summed E-state index contributed by atoms with van der Waals surface area (Å²) in [7, 11) is 1.75. The Kier molecular flexibility index (Phi) is 3.85. The molecule has 2 aromatic rings. The summed E-state index contributed by atoms with van der Waals surface area (Å²) in [5, 5.41) is 10.7. The summed E-state index contributed by atoms with van der Waals surface area (Å²) < 4.78 is 5.24. The van der Waals surface area contributed by atoms with Crippen LogP contribution in [0.25, 0.3) is 10.9 Å². The molecule has 1 atom stereocenters. The van der Waals surface area contributed by atoms with Gasteiger partial charge in [-0.05, 0) is 18.6 Å². The fourth-order valence-corrected chi connectivity index (χ4v) is 2.94. The molecule has 0 saturated carbocycles. The molecule has 0 amide bonds. The summed E-state index contributed by atoms with van der Waals surface area (Å²) >= 11 is 0. The third-order valence-corrected chi connectivity index (χ3v) is 3.94. The average molecular weight is 272 g/mol. The molecule has 0 radical (unpaired) electrons. The Labute approximate surface area is 119 Å². The summed E-state index contributed by atoms with van der Waals surface area (Å²) in [4.78, 5) is 7.01. The van der Waals surface area contributed by atoms with Crippen molar-refractivity contribution in [3.05, 3.63) is 35.9 Å². The van der Waals surface area contributed by atoms with E-state index >= 15 is 0 Å². The van der Waals surface area contributed by atoms with E-state index in [1.54, 1.807) is 7.11 Å². The molecule has 3 rings (SSSR count). The van der Waals surface area contributed by atoms with Crippen LogP contribution in [0.1, 0.15) is 12.0 Å². The van der Waals surface area contributed by atoms with Crippen LogP contribution in [0.15, 0.2) is 30.3 Å². The van der Waals surface area contributed by atoms with Crippen molar-refractivity contribution in [2.24, 2.45) is 5.92 Å². The predicted octanol–water partition coefficient (Wildman–Crippen LogP) is 2.20. The number of aliphatic hydroxyl groups is 1. The molecule has 4 nitrogen and oxygen atoms in total. The molecule has 0 aliphatic carbocycles. The predicted molar refractivity (Wildman–Crippen MR) is 79.9 cm³/mol. The molecule has 1 unspecified atom stereocenters. The molecular weight excluding hydrogens is 252 g/mol. The van der Waals surface area contributed by atoms with Gasteiger partial charge in [0.2, 0.25) is 0 Å². The summed E-state index contributed by atoms with van der Waals surface area (Å²) in [6.45, 7) is 2.75. The zero-order valence-corrected chi connectivity index (χ0v) is 11.7. The third-order valence-electron chi connectivity index (χ3n) is 3.94. The molecule has 0 bridgehead atoms. The van der Waals surface area contributed by atoms with Gasteiger partial charge in [-0.2, -0.15) is 0 Å². The first-order chi connectivity index (χ1) is 9.81. The normalized spacial score (nSPS) is 18.9. The fourth-order valence-electron chi connectivity index (χ4n) is 2.94. The van der Waals surface area contributed by atoms with E-state index in [4.69, 9.17) is 9.72 Å². The Balaban J connectivity index is 1.94. The number of aromatic nitrogens is 1. The highest BCUT2D eigenvalue weighted by Crippen LogP contribution is 2.28. The smallest absolute Gasteiger partial charge is 0.134 e. The van der Waals surface area contributed by atoms with Crippen LogP contribution >= 0.6 is 0 Å². The van der Waals surface area contributed by atoms with Crippen LogP contribution in [0.4, 0.5) is 5.82 Å². The van der Waals surface area contributed by atoms with Crippen LogP contribution in [0.3, 0.4) is 0 Å². The summed E-state index contributed by atoms with van der Waals surface area (Å²) in [6.07, 6.45) is 1.12. The lowest BCUT2D eigenvalue weighted by Gasteiger charge is -2.21. The van der Waals surface area contributed by atoms with Crippen LogP contribution in [-0.4, -0.2) is 36.9 Å². The molecule has 1 aliphatic heterocycles. The minimum Gasteiger partial charge on any atom is -0.392 e. The van der Waals surface area contributed by atoms with Crippen LogP contribution < -0.4 is 4.90 Å². The van der Waals surface area contributed by atoms with Gasteiger partial charge in [-0.1, -0.05) is 18.2 Å². The maximum atomic E-state index is 9.62. The Morgan fingerprint density at radius 1 is 1.40 bits per heavy atom. The third kappa shape index (κ3) is 2.49. The second kappa shape index (κ2) is 5.77. The van der Waals surface area contributed by atoms with E-state index in [0.717, 1.165) is 48.4 Å². The van der Waals surface area contributed by atoms with E-state index in [2.05, 4.69) is 4.90 Å². The van der Waals surface area contributed by atoms with E-state index in [9.17, 15) is 5.11 Å². The Hall–Kier alpha value is -1.65. The molecule has 4 heteroatoms. The number of anilines is 1. The number of hydrogen-bond acceptors (Lipinski definition) is 4. The van der Waals surface area contributed by atoms with Crippen molar-refractivity contribution in [3.8, 4) is 0 Å². The van der Waals surface area contributed by atoms with Crippen molar-refractivity contribution in [1.29, 1.82) is 0 Å². The Morgan fingerprint density at radius 3 is 3.05 bits per heavy atom. The van der Waals surface area contributed by atoms with E-state index in [0.29, 0.717) is 5.92 Å².